The number of nitrogens with zero attached hydrogens (tertiary/aromatic N) is 4. The molecule has 1 aliphatic rings. The summed E-state index contributed by atoms with van der Waals surface area (Å²) in [5.74, 6) is 0. The number of morpholine rings is 1. The van der Waals surface area contributed by atoms with Gasteiger partial charge in [-0.2, -0.15) is 4.31 Å². The Morgan fingerprint density at radius 1 is 1.03 bits per heavy atom. The molecule has 5 rings (SSSR count). The van der Waals surface area contributed by atoms with Crippen LogP contribution >= 0.6 is 11.3 Å². The fraction of sp³-hybridized carbons (Fsp3) is 0.238. The third kappa shape index (κ3) is 4.07. The summed E-state index contributed by atoms with van der Waals surface area (Å²) in [7, 11) is -3.57. The SMILES string of the molecule is O=S(=O)(c1ccccc1CNc1nn2cc(-c3ccccc3)nc2s1)N1CCOCC1. The monoisotopic (exact) mass is 455 g/mol. The average Bonchev–Trinajstić information content (AvgIpc) is 3.38. The van der Waals surface area contributed by atoms with E-state index < -0.39 is 10.0 Å². The predicted molar refractivity (Wildman–Crippen MR) is 120 cm³/mol. The molecule has 0 spiro atoms. The Balaban J connectivity index is 1.34. The molecule has 0 aliphatic carbocycles. The van der Waals surface area contributed by atoms with Crippen LogP contribution in [0.5, 0.6) is 0 Å². The topological polar surface area (TPSA) is 88.8 Å². The van der Waals surface area contributed by atoms with E-state index in [2.05, 4.69) is 15.4 Å². The van der Waals surface area contributed by atoms with Gasteiger partial charge in [0.05, 0.1) is 30.0 Å². The molecule has 2 aromatic carbocycles. The highest BCUT2D eigenvalue weighted by Gasteiger charge is 2.28. The van der Waals surface area contributed by atoms with Crippen molar-refractivity contribution in [2.75, 3.05) is 31.6 Å². The van der Waals surface area contributed by atoms with Crippen LogP contribution in [-0.2, 0) is 21.3 Å². The Kier molecular flexibility index (Phi) is 5.45. The maximum absolute atomic E-state index is 13.1. The fourth-order valence-corrected chi connectivity index (χ4v) is 5.93. The Bertz CT molecular complexity index is 1260. The first-order valence-corrected chi connectivity index (χ1v) is 12.2. The van der Waals surface area contributed by atoms with Gasteiger partial charge in [-0.05, 0) is 11.6 Å². The van der Waals surface area contributed by atoms with Gasteiger partial charge >= 0.3 is 0 Å². The number of fused-ring (bicyclic) bond motifs is 1. The molecule has 31 heavy (non-hydrogen) atoms. The van der Waals surface area contributed by atoms with Gasteiger partial charge in [-0.25, -0.2) is 17.9 Å². The second kappa shape index (κ2) is 8.39. The number of ether oxygens (including phenoxy) is 1. The lowest BCUT2D eigenvalue weighted by Gasteiger charge is -2.27. The molecule has 2 aromatic heterocycles. The average molecular weight is 456 g/mol. The molecule has 8 nitrogen and oxygen atoms in total. The van der Waals surface area contributed by atoms with Crippen molar-refractivity contribution < 1.29 is 13.2 Å². The first-order valence-electron chi connectivity index (χ1n) is 9.92. The highest BCUT2D eigenvalue weighted by atomic mass is 32.2. The normalized spacial score (nSPS) is 15.4. The van der Waals surface area contributed by atoms with Crippen molar-refractivity contribution >= 4 is 31.5 Å². The molecule has 160 valence electrons. The van der Waals surface area contributed by atoms with Crippen LogP contribution in [0, 0.1) is 0 Å². The van der Waals surface area contributed by atoms with Crippen LogP contribution in [-0.4, -0.2) is 53.6 Å². The van der Waals surface area contributed by atoms with Crippen LogP contribution < -0.4 is 5.32 Å². The van der Waals surface area contributed by atoms with E-state index in [1.165, 1.54) is 15.6 Å². The Morgan fingerprint density at radius 2 is 1.77 bits per heavy atom. The van der Waals surface area contributed by atoms with Gasteiger partial charge in [0, 0.05) is 25.2 Å². The second-order valence-electron chi connectivity index (χ2n) is 7.10. The number of nitrogens with one attached hydrogen (secondary N) is 1. The van der Waals surface area contributed by atoms with Gasteiger partial charge in [0.15, 0.2) is 0 Å². The number of aromatic nitrogens is 3. The summed E-state index contributed by atoms with van der Waals surface area (Å²) < 4.78 is 34.7. The molecule has 0 radical (unpaired) electrons. The molecular formula is C21H21N5O3S2. The van der Waals surface area contributed by atoms with E-state index in [0.29, 0.717) is 48.4 Å². The van der Waals surface area contributed by atoms with Gasteiger partial charge in [0.25, 0.3) is 0 Å². The number of rotatable bonds is 6. The summed E-state index contributed by atoms with van der Waals surface area (Å²) in [6.45, 7) is 1.93. The zero-order valence-corrected chi connectivity index (χ0v) is 18.3. The van der Waals surface area contributed by atoms with Crippen LogP contribution in [0.2, 0.25) is 0 Å². The molecule has 10 heteroatoms. The molecule has 1 aliphatic heterocycles. The van der Waals surface area contributed by atoms with E-state index in [1.54, 1.807) is 16.6 Å². The van der Waals surface area contributed by atoms with E-state index in [-0.39, 0.29) is 0 Å². The number of anilines is 1. The molecule has 0 bridgehead atoms. The molecule has 1 N–H and O–H groups in total. The van der Waals surface area contributed by atoms with Crippen molar-refractivity contribution in [3.63, 3.8) is 0 Å². The largest absolute Gasteiger partial charge is 0.379 e. The first kappa shape index (κ1) is 20.1. The van der Waals surface area contributed by atoms with Crippen LogP contribution in [0.4, 0.5) is 5.13 Å². The number of hydrogen-bond acceptors (Lipinski definition) is 7. The van der Waals surface area contributed by atoms with E-state index in [0.717, 1.165) is 16.2 Å². The van der Waals surface area contributed by atoms with Gasteiger partial charge in [-0.1, -0.05) is 59.9 Å². The van der Waals surface area contributed by atoms with Crippen molar-refractivity contribution in [2.45, 2.75) is 11.4 Å². The van der Waals surface area contributed by atoms with Gasteiger partial charge in [-0.15, -0.1) is 5.10 Å². The zero-order valence-electron chi connectivity index (χ0n) is 16.6. The van der Waals surface area contributed by atoms with Crippen molar-refractivity contribution in [1.82, 2.24) is 18.9 Å². The van der Waals surface area contributed by atoms with E-state index in [4.69, 9.17) is 4.74 Å². The van der Waals surface area contributed by atoms with Crippen molar-refractivity contribution in [1.29, 1.82) is 0 Å². The van der Waals surface area contributed by atoms with Gasteiger partial charge < -0.3 is 10.1 Å². The lowest BCUT2D eigenvalue weighted by atomic mass is 10.2. The number of hydrogen-bond donors (Lipinski definition) is 1. The molecule has 0 amide bonds. The highest BCUT2D eigenvalue weighted by molar-refractivity contribution is 7.89. The van der Waals surface area contributed by atoms with Gasteiger partial charge in [-0.3, -0.25) is 0 Å². The zero-order chi connectivity index (χ0) is 21.3. The minimum Gasteiger partial charge on any atom is -0.379 e. The van der Waals surface area contributed by atoms with Crippen LogP contribution in [0.3, 0.4) is 0 Å². The summed E-state index contributed by atoms with van der Waals surface area (Å²) >= 11 is 1.43. The van der Waals surface area contributed by atoms with Crippen molar-refractivity contribution in [3.05, 3.63) is 66.4 Å². The lowest BCUT2D eigenvalue weighted by molar-refractivity contribution is 0.0730. The maximum Gasteiger partial charge on any atom is 0.243 e. The second-order valence-corrected chi connectivity index (χ2v) is 9.97. The van der Waals surface area contributed by atoms with E-state index in [9.17, 15) is 8.42 Å². The number of sulfonamides is 1. The molecule has 4 aromatic rings. The molecule has 3 heterocycles. The third-order valence-corrected chi connectivity index (χ3v) is 7.98. The molecule has 1 saturated heterocycles. The molecule has 1 fully saturated rings. The standard InChI is InChI=1S/C21H21N5O3S2/c27-31(28,25-10-12-29-13-11-25)19-9-5-4-8-17(19)14-22-20-24-26-15-18(23-21(26)30-20)16-6-2-1-3-7-16/h1-9,15H,10-14H2,(H,22,24). The van der Waals surface area contributed by atoms with Crippen LogP contribution in [0.1, 0.15) is 5.56 Å². The van der Waals surface area contributed by atoms with E-state index in [1.807, 2.05) is 48.7 Å². The van der Waals surface area contributed by atoms with Gasteiger partial charge in [0.1, 0.15) is 0 Å². The summed E-state index contributed by atoms with van der Waals surface area (Å²) in [5.41, 5.74) is 2.61. The fourth-order valence-electron chi connectivity index (χ4n) is 3.52. The van der Waals surface area contributed by atoms with Gasteiger partial charge in [0.2, 0.25) is 20.1 Å². The van der Waals surface area contributed by atoms with Crippen molar-refractivity contribution in [2.24, 2.45) is 0 Å². The van der Waals surface area contributed by atoms with E-state index >= 15 is 0 Å². The maximum atomic E-state index is 13.1. The quantitative estimate of drug-likeness (QED) is 0.481. The summed E-state index contributed by atoms with van der Waals surface area (Å²) in [6, 6.07) is 17.0. The summed E-state index contributed by atoms with van der Waals surface area (Å²) in [5, 5.41) is 8.47. The third-order valence-electron chi connectivity index (χ3n) is 5.10. The Labute approximate surface area is 184 Å². The highest BCUT2D eigenvalue weighted by Crippen LogP contribution is 2.26. The number of benzene rings is 2. The number of imidazole rings is 1. The Hall–Kier alpha value is -2.79. The predicted octanol–water partition coefficient (Wildman–Crippen LogP) is 3.09. The minimum atomic E-state index is -3.57. The van der Waals surface area contributed by atoms with Crippen LogP contribution in [0.15, 0.2) is 65.7 Å². The molecular weight excluding hydrogens is 434 g/mol. The van der Waals surface area contributed by atoms with Crippen LogP contribution in [0.25, 0.3) is 16.2 Å². The molecule has 0 atom stereocenters. The molecule has 0 unspecified atom stereocenters. The smallest absolute Gasteiger partial charge is 0.243 e. The lowest BCUT2D eigenvalue weighted by Crippen LogP contribution is -2.41. The molecule has 0 saturated carbocycles. The minimum absolute atomic E-state index is 0.317. The summed E-state index contributed by atoms with van der Waals surface area (Å²) in [4.78, 5) is 5.73. The Morgan fingerprint density at radius 3 is 2.55 bits per heavy atom. The van der Waals surface area contributed by atoms with Crippen molar-refractivity contribution in [3.8, 4) is 11.3 Å². The summed E-state index contributed by atoms with van der Waals surface area (Å²) in [6.07, 6.45) is 1.89. The first-order chi connectivity index (χ1) is 15.1.